The Kier molecular flexibility index (Phi) is 4.24. The lowest BCUT2D eigenvalue weighted by Crippen LogP contribution is -2.46. The first-order valence-electron chi connectivity index (χ1n) is 8.75. The van der Waals surface area contributed by atoms with Crippen molar-refractivity contribution in [2.45, 2.75) is 87.9 Å². The average molecular weight is 276 g/mol. The smallest absolute Gasteiger partial charge is 0.0389 e. The second kappa shape index (κ2) is 5.81. The second-order valence-electron chi connectivity index (χ2n) is 7.48. The van der Waals surface area contributed by atoms with Crippen LogP contribution in [-0.2, 0) is 0 Å². The van der Waals surface area contributed by atoms with Gasteiger partial charge in [0, 0.05) is 23.7 Å². The Balaban J connectivity index is 0.000000123. The van der Waals surface area contributed by atoms with Gasteiger partial charge in [0.25, 0.3) is 0 Å². The number of likely N-dealkylation sites (N-methyl/N-ethyl adjacent to an activating group) is 1. The highest BCUT2D eigenvalue weighted by atomic mass is 15.2. The summed E-state index contributed by atoms with van der Waals surface area (Å²) in [5, 5.41) is 0. The summed E-state index contributed by atoms with van der Waals surface area (Å²) < 4.78 is 0. The van der Waals surface area contributed by atoms with E-state index in [0.717, 1.165) is 18.1 Å². The third-order valence-corrected chi connectivity index (χ3v) is 6.75. The molecule has 20 heavy (non-hydrogen) atoms. The summed E-state index contributed by atoms with van der Waals surface area (Å²) in [4.78, 5) is 5.13. The molecule has 0 aromatic carbocycles. The Morgan fingerprint density at radius 3 is 2.05 bits per heavy atom. The summed E-state index contributed by atoms with van der Waals surface area (Å²) >= 11 is 0. The van der Waals surface area contributed by atoms with Gasteiger partial charge < -0.3 is 4.90 Å². The van der Waals surface area contributed by atoms with E-state index in [1.807, 2.05) is 0 Å². The molecule has 4 atom stereocenters. The first-order valence-corrected chi connectivity index (χ1v) is 8.75. The van der Waals surface area contributed by atoms with Crippen LogP contribution in [-0.4, -0.2) is 47.6 Å². The van der Waals surface area contributed by atoms with E-state index >= 15 is 0 Å². The van der Waals surface area contributed by atoms with E-state index in [0.29, 0.717) is 5.54 Å². The van der Waals surface area contributed by atoms with Gasteiger partial charge >= 0.3 is 0 Å². The van der Waals surface area contributed by atoms with Crippen molar-refractivity contribution < 1.29 is 0 Å². The summed E-state index contributed by atoms with van der Waals surface area (Å²) in [7, 11) is 4.56. The Labute approximate surface area is 125 Å². The quantitative estimate of drug-likeness (QED) is 0.672. The van der Waals surface area contributed by atoms with Crippen molar-refractivity contribution in [1.82, 2.24) is 9.80 Å². The molecule has 4 bridgehead atoms. The first kappa shape index (κ1) is 14.6. The fraction of sp³-hybridized carbons (Fsp3) is 0.889. The lowest BCUT2D eigenvalue weighted by molar-refractivity contribution is 0.122. The summed E-state index contributed by atoms with van der Waals surface area (Å²) in [6.45, 7) is 3.96. The Morgan fingerprint density at radius 2 is 1.50 bits per heavy atom. The molecule has 4 aliphatic rings. The molecule has 4 unspecified atom stereocenters. The Bertz CT molecular complexity index is 333. The molecule has 0 aliphatic carbocycles. The maximum absolute atomic E-state index is 3.96. The van der Waals surface area contributed by atoms with Crippen LogP contribution in [0.2, 0.25) is 0 Å². The largest absolute Gasteiger partial charge is 0.300 e. The van der Waals surface area contributed by atoms with Gasteiger partial charge in [0.05, 0.1) is 0 Å². The molecule has 4 aliphatic heterocycles. The van der Waals surface area contributed by atoms with Crippen molar-refractivity contribution in [3.63, 3.8) is 0 Å². The molecule has 4 rings (SSSR count). The molecule has 0 spiro atoms. The number of nitrogens with zero attached hydrogens (tertiary/aromatic N) is 2. The van der Waals surface area contributed by atoms with Gasteiger partial charge in [-0.05, 0) is 71.9 Å². The van der Waals surface area contributed by atoms with Crippen LogP contribution >= 0.6 is 0 Å². The molecule has 0 amide bonds. The molecule has 2 heteroatoms. The molecule has 4 heterocycles. The SMILES string of the molecule is C=CC12CCCC(CC1)N2C.CN1C2CCCC1CC2. The minimum absolute atomic E-state index is 0.392. The highest BCUT2D eigenvalue weighted by molar-refractivity contribution is 5.11. The maximum Gasteiger partial charge on any atom is 0.0389 e. The number of hydrogen-bond acceptors (Lipinski definition) is 2. The number of hydrogen-bond donors (Lipinski definition) is 0. The van der Waals surface area contributed by atoms with E-state index in [4.69, 9.17) is 0 Å². The van der Waals surface area contributed by atoms with Crippen molar-refractivity contribution in [3.05, 3.63) is 12.7 Å². The minimum Gasteiger partial charge on any atom is -0.300 e. The van der Waals surface area contributed by atoms with Crippen LogP contribution in [0.3, 0.4) is 0 Å². The number of rotatable bonds is 1. The maximum atomic E-state index is 3.96. The Hall–Kier alpha value is -0.340. The zero-order chi connectivity index (χ0) is 14.2. The van der Waals surface area contributed by atoms with E-state index in [-0.39, 0.29) is 0 Å². The molecule has 0 aromatic heterocycles. The molecule has 2 nitrogen and oxygen atoms in total. The van der Waals surface area contributed by atoms with Crippen LogP contribution in [0.1, 0.15) is 64.2 Å². The van der Waals surface area contributed by atoms with Gasteiger partial charge in [0.2, 0.25) is 0 Å². The van der Waals surface area contributed by atoms with Crippen molar-refractivity contribution in [2.75, 3.05) is 14.1 Å². The fourth-order valence-corrected chi connectivity index (χ4v) is 5.16. The van der Waals surface area contributed by atoms with E-state index in [9.17, 15) is 0 Å². The summed E-state index contributed by atoms with van der Waals surface area (Å²) in [6, 6.07) is 2.79. The van der Waals surface area contributed by atoms with Gasteiger partial charge in [-0.25, -0.2) is 0 Å². The fourth-order valence-electron chi connectivity index (χ4n) is 5.16. The van der Waals surface area contributed by atoms with E-state index < -0.39 is 0 Å². The third-order valence-electron chi connectivity index (χ3n) is 6.75. The molecular weight excluding hydrogens is 244 g/mol. The molecule has 0 aromatic rings. The topological polar surface area (TPSA) is 6.48 Å². The van der Waals surface area contributed by atoms with Crippen LogP contribution in [0.25, 0.3) is 0 Å². The van der Waals surface area contributed by atoms with Crippen LogP contribution in [0.4, 0.5) is 0 Å². The lowest BCUT2D eigenvalue weighted by atomic mass is 9.89. The lowest BCUT2D eigenvalue weighted by Gasteiger charge is -2.40. The van der Waals surface area contributed by atoms with Crippen molar-refractivity contribution in [1.29, 1.82) is 0 Å². The molecule has 4 fully saturated rings. The van der Waals surface area contributed by atoms with Crippen molar-refractivity contribution in [3.8, 4) is 0 Å². The first-order chi connectivity index (χ1) is 9.66. The highest BCUT2D eigenvalue weighted by Crippen LogP contribution is 2.43. The standard InChI is InChI=1S/C10H17N.C8H15N/c1-3-10-7-4-5-9(6-8-10)11(10)2;1-9-7-3-2-4-8(9)6-5-7/h3,9H,1,4-8H2,2H3;7-8H,2-6H2,1H3. The number of piperidine rings is 2. The summed E-state index contributed by atoms with van der Waals surface area (Å²) in [5.74, 6) is 0. The molecule has 0 saturated carbocycles. The molecule has 0 N–H and O–H groups in total. The molecule has 4 saturated heterocycles. The van der Waals surface area contributed by atoms with Crippen LogP contribution < -0.4 is 0 Å². The zero-order valence-electron chi connectivity index (χ0n) is 13.5. The highest BCUT2D eigenvalue weighted by Gasteiger charge is 2.44. The van der Waals surface area contributed by atoms with Gasteiger partial charge in [-0.3, -0.25) is 4.90 Å². The van der Waals surface area contributed by atoms with Gasteiger partial charge in [0.15, 0.2) is 0 Å². The second-order valence-corrected chi connectivity index (χ2v) is 7.48. The molecule has 114 valence electrons. The normalized spacial score (nSPS) is 44.0. The monoisotopic (exact) mass is 276 g/mol. The third kappa shape index (κ3) is 2.46. The van der Waals surface area contributed by atoms with E-state index in [1.165, 1.54) is 64.2 Å². The zero-order valence-corrected chi connectivity index (χ0v) is 13.5. The molecular formula is C18H32N2. The van der Waals surface area contributed by atoms with Gasteiger partial charge in [0.1, 0.15) is 0 Å². The van der Waals surface area contributed by atoms with Crippen molar-refractivity contribution in [2.24, 2.45) is 0 Å². The minimum atomic E-state index is 0.392. The van der Waals surface area contributed by atoms with Crippen LogP contribution in [0.15, 0.2) is 12.7 Å². The Morgan fingerprint density at radius 1 is 0.850 bits per heavy atom. The van der Waals surface area contributed by atoms with Crippen molar-refractivity contribution >= 4 is 0 Å². The van der Waals surface area contributed by atoms with E-state index in [2.05, 4.69) is 36.6 Å². The predicted octanol–water partition coefficient (Wildman–Crippen LogP) is 3.82. The summed E-state index contributed by atoms with van der Waals surface area (Å²) in [6.07, 6.45) is 16.4. The van der Waals surface area contributed by atoms with E-state index in [1.54, 1.807) is 0 Å². The van der Waals surface area contributed by atoms with Crippen LogP contribution in [0.5, 0.6) is 0 Å². The predicted molar refractivity (Wildman–Crippen MR) is 86.0 cm³/mol. The van der Waals surface area contributed by atoms with Gasteiger partial charge in [-0.2, -0.15) is 0 Å². The summed E-state index contributed by atoms with van der Waals surface area (Å²) in [5.41, 5.74) is 0.392. The molecule has 0 radical (unpaired) electrons. The van der Waals surface area contributed by atoms with Gasteiger partial charge in [-0.1, -0.05) is 12.5 Å². The van der Waals surface area contributed by atoms with Gasteiger partial charge in [-0.15, -0.1) is 6.58 Å². The van der Waals surface area contributed by atoms with Crippen LogP contribution in [0, 0.1) is 0 Å². The number of fused-ring (bicyclic) bond motifs is 4. The average Bonchev–Trinajstić information content (AvgIpc) is 2.81.